The summed E-state index contributed by atoms with van der Waals surface area (Å²) in [6, 6.07) is 9.28. The molecule has 0 atom stereocenters. The number of aryl methyl sites for hydroxylation is 1. The van der Waals surface area contributed by atoms with E-state index in [2.05, 4.69) is 31.2 Å². The molecule has 5 rings (SSSR count). The summed E-state index contributed by atoms with van der Waals surface area (Å²) >= 11 is 0. The molecule has 1 aromatic carbocycles. The maximum absolute atomic E-state index is 5.80. The predicted molar refractivity (Wildman–Crippen MR) is 100 cm³/mol. The van der Waals surface area contributed by atoms with Gasteiger partial charge in [-0.1, -0.05) is 30.7 Å². The minimum Gasteiger partial charge on any atom is -0.330 e. The van der Waals surface area contributed by atoms with Crippen LogP contribution in [0, 0.1) is 30.6 Å². The highest BCUT2D eigenvalue weighted by Gasteiger charge is 2.57. The molecule has 0 amide bonds. The van der Waals surface area contributed by atoms with Gasteiger partial charge in [0.1, 0.15) is 0 Å². The zero-order chi connectivity index (χ0) is 15.2. The molecule has 0 unspecified atom stereocenters. The Labute approximate surface area is 147 Å². The molecule has 0 radical (unpaired) electrons. The first kappa shape index (κ1) is 17.3. The fraction of sp³-hybridized carbons (Fsp3) is 0.714. The average molecular weight is 334 g/mol. The van der Waals surface area contributed by atoms with Crippen LogP contribution in [-0.2, 0) is 5.41 Å². The zero-order valence-electron chi connectivity index (χ0n) is 14.5. The molecule has 0 saturated heterocycles. The van der Waals surface area contributed by atoms with Gasteiger partial charge in [-0.15, -0.1) is 12.4 Å². The summed E-state index contributed by atoms with van der Waals surface area (Å²) < 4.78 is 0. The maximum atomic E-state index is 5.80. The molecular formula is C21H32ClN. The first-order valence-electron chi connectivity index (χ1n) is 9.50. The number of benzene rings is 1. The molecule has 2 N–H and O–H groups in total. The van der Waals surface area contributed by atoms with Crippen LogP contribution in [0.3, 0.4) is 0 Å². The second kappa shape index (κ2) is 6.76. The molecule has 0 spiro atoms. The van der Waals surface area contributed by atoms with E-state index in [1.807, 2.05) is 0 Å². The largest absolute Gasteiger partial charge is 0.330 e. The summed E-state index contributed by atoms with van der Waals surface area (Å²) in [6.45, 7) is 3.19. The quantitative estimate of drug-likeness (QED) is 0.733. The highest BCUT2D eigenvalue weighted by atomic mass is 35.5. The van der Waals surface area contributed by atoms with Crippen LogP contribution in [0.25, 0.3) is 0 Å². The summed E-state index contributed by atoms with van der Waals surface area (Å²) in [4.78, 5) is 0. The summed E-state index contributed by atoms with van der Waals surface area (Å²) in [6.07, 6.45) is 11.4. The highest BCUT2D eigenvalue weighted by molar-refractivity contribution is 5.85. The Hall–Kier alpha value is -0.530. The van der Waals surface area contributed by atoms with Crippen LogP contribution in [0.4, 0.5) is 0 Å². The Bertz CT molecular complexity index is 510. The van der Waals surface area contributed by atoms with E-state index in [-0.39, 0.29) is 12.4 Å². The lowest BCUT2D eigenvalue weighted by molar-refractivity contribution is -0.0661. The Morgan fingerprint density at radius 1 is 0.957 bits per heavy atom. The Morgan fingerprint density at radius 3 is 2.13 bits per heavy atom. The van der Waals surface area contributed by atoms with E-state index < -0.39 is 0 Å². The zero-order valence-corrected chi connectivity index (χ0v) is 15.3. The van der Waals surface area contributed by atoms with Crippen molar-refractivity contribution in [2.45, 2.75) is 63.7 Å². The molecule has 1 aromatic rings. The number of hydrogen-bond donors (Lipinski definition) is 1. The van der Waals surface area contributed by atoms with Crippen molar-refractivity contribution in [1.82, 2.24) is 0 Å². The Balaban J connectivity index is 0.00000156. The first-order valence-corrected chi connectivity index (χ1v) is 9.50. The lowest BCUT2D eigenvalue weighted by Gasteiger charge is -2.62. The molecule has 1 nitrogen and oxygen atoms in total. The van der Waals surface area contributed by atoms with Gasteiger partial charge >= 0.3 is 0 Å². The summed E-state index contributed by atoms with van der Waals surface area (Å²) in [5.41, 5.74) is 9.51. The van der Waals surface area contributed by atoms with Crippen LogP contribution >= 0.6 is 12.4 Å². The standard InChI is InChI=1S/C21H31N.ClH/c1-15-6-2-3-7-20(15)21(8-4-5-9-22)18-11-16-10-17(13-18)14-19(21)12-16;/h2-3,6-7,16-19H,4-5,8-14,22H2,1H3;1H. The van der Waals surface area contributed by atoms with Crippen LogP contribution in [0.15, 0.2) is 24.3 Å². The molecule has 4 bridgehead atoms. The van der Waals surface area contributed by atoms with Crippen molar-refractivity contribution in [3.05, 3.63) is 35.4 Å². The predicted octanol–water partition coefficient (Wildman–Crippen LogP) is 5.24. The van der Waals surface area contributed by atoms with Gasteiger partial charge in [0.2, 0.25) is 0 Å². The van der Waals surface area contributed by atoms with Crippen LogP contribution < -0.4 is 5.73 Å². The van der Waals surface area contributed by atoms with Crippen molar-refractivity contribution >= 4 is 12.4 Å². The molecule has 0 heterocycles. The average Bonchev–Trinajstić information content (AvgIpc) is 2.51. The molecule has 23 heavy (non-hydrogen) atoms. The van der Waals surface area contributed by atoms with Gasteiger partial charge in [0.15, 0.2) is 0 Å². The summed E-state index contributed by atoms with van der Waals surface area (Å²) in [7, 11) is 0. The molecule has 0 aliphatic heterocycles. The fourth-order valence-corrected chi connectivity index (χ4v) is 6.66. The molecule has 0 aromatic heterocycles. The van der Waals surface area contributed by atoms with Crippen molar-refractivity contribution in [1.29, 1.82) is 0 Å². The van der Waals surface area contributed by atoms with E-state index in [0.29, 0.717) is 5.41 Å². The molecule has 4 saturated carbocycles. The van der Waals surface area contributed by atoms with E-state index in [1.165, 1.54) is 50.5 Å². The third-order valence-corrected chi connectivity index (χ3v) is 7.29. The van der Waals surface area contributed by atoms with E-state index in [4.69, 9.17) is 5.73 Å². The van der Waals surface area contributed by atoms with E-state index in [1.54, 1.807) is 12.0 Å². The van der Waals surface area contributed by atoms with Crippen molar-refractivity contribution < 1.29 is 0 Å². The minimum atomic E-state index is 0. The summed E-state index contributed by atoms with van der Waals surface area (Å²) in [5.74, 6) is 3.99. The molecule has 128 valence electrons. The van der Waals surface area contributed by atoms with Crippen molar-refractivity contribution in [3.8, 4) is 0 Å². The molecule has 2 heteroatoms. The number of hydrogen-bond acceptors (Lipinski definition) is 1. The monoisotopic (exact) mass is 333 g/mol. The van der Waals surface area contributed by atoms with Gasteiger partial charge in [-0.3, -0.25) is 0 Å². The normalized spacial score (nSPS) is 37.7. The van der Waals surface area contributed by atoms with Crippen molar-refractivity contribution in [3.63, 3.8) is 0 Å². The van der Waals surface area contributed by atoms with Gasteiger partial charge < -0.3 is 5.73 Å². The van der Waals surface area contributed by atoms with Gasteiger partial charge in [-0.05, 0) is 93.2 Å². The van der Waals surface area contributed by atoms with Crippen molar-refractivity contribution in [2.75, 3.05) is 6.54 Å². The third-order valence-electron chi connectivity index (χ3n) is 7.29. The lowest BCUT2D eigenvalue weighted by Crippen LogP contribution is -2.55. The number of rotatable bonds is 5. The van der Waals surface area contributed by atoms with E-state index in [9.17, 15) is 0 Å². The van der Waals surface area contributed by atoms with Crippen LogP contribution in [-0.4, -0.2) is 6.54 Å². The number of halogens is 1. The first-order chi connectivity index (χ1) is 10.7. The fourth-order valence-electron chi connectivity index (χ4n) is 6.66. The van der Waals surface area contributed by atoms with Crippen molar-refractivity contribution in [2.24, 2.45) is 29.4 Å². The van der Waals surface area contributed by atoms with Gasteiger partial charge in [-0.2, -0.15) is 0 Å². The second-order valence-corrected chi connectivity index (χ2v) is 8.41. The molecule has 4 fully saturated rings. The Morgan fingerprint density at radius 2 is 1.57 bits per heavy atom. The van der Waals surface area contributed by atoms with Gasteiger partial charge in [0.05, 0.1) is 0 Å². The van der Waals surface area contributed by atoms with E-state index in [0.717, 1.165) is 30.2 Å². The minimum absolute atomic E-state index is 0. The highest BCUT2D eigenvalue weighted by Crippen LogP contribution is 2.64. The maximum Gasteiger partial charge on any atom is 0.00125 e. The third kappa shape index (κ3) is 2.74. The smallest absolute Gasteiger partial charge is 0.00125 e. The second-order valence-electron chi connectivity index (χ2n) is 8.41. The molecular weight excluding hydrogens is 302 g/mol. The summed E-state index contributed by atoms with van der Waals surface area (Å²) in [5, 5.41) is 0. The van der Waals surface area contributed by atoms with Gasteiger partial charge in [0, 0.05) is 5.41 Å². The van der Waals surface area contributed by atoms with Crippen LogP contribution in [0.2, 0.25) is 0 Å². The number of nitrogens with two attached hydrogens (primary N) is 1. The SMILES string of the molecule is Cc1ccccc1C1(CCCCN)C2CC3CC(C2)CC1C3.Cl. The number of unbranched alkanes of at least 4 members (excludes halogenated alkanes) is 1. The van der Waals surface area contributed by atoms with Crippen LogP contribution in [0.5, 0.6) is 0 Å². The van der Waals surface area contributed by atoms with Crippen LogP contribution in [0.1, 0.15) is 62.5 Å². The molecule has 4 aliphatic rings. The Kier molecular flexibility index (Phi) is 5.09. The van der Waals surface area contributed by atoms with E-state index >= 15 is 0 Å². The van der Waals surface area contributed by atoms with Gasteiger partial charge in [0.25, 0.3) is 0 Å². The molecule has 4 aliphatic carbocycles. The topological polar surface area (TPSA) is 26.0 Å². The van der Waals surface area contributed by atoms with Gasteiger partial charge in [-0.25, -0.2) is 0 Å². The lowest BCUT2D eigenvalue weighted by atomic mass is 9.42.